The van der Waals surface area contributed by atoms with Crippen molar-refractivity contribution >= 4 is 34.3 Å². The van der Waals surface area contributed by atoms with Gasteiger partial charge in [0.2, 0.25) is 0 Å². The van der Waals surface area contributed by atoms with E-state index in [1.165, 1.54) is 0 Å². The van der Waals surface area contributed by atoms with Gasteiger partial charge < -0.3 is 10.2 Å². The Balaban J connectivity index is 1.15. The SMILES string of the molecule is Cc1c(C(=O)NCCN2CCC(F)(F)C2)ccc2nn(CC3CCN(C(=O)c4ccc(Cl)cc4)CC3)cc12. The summed E-state index contributed by atoms with van der Waals surface area (Å²) in [7, 11) is 0. The van der Waals surface area contributed by atoms with Gasteiger partial charge in [-0.15, -0.1) is 0 Å². The van der Waals surface area contributed by atoms with Crippen LogP contribution in [0.2, 0.25) is 5.02 Å². The fourth-order valence-electron chi connectivity index (χ4n) is 5.40. The minimum Gasteiger partial charge on any atom is -0.351 e. The standard InChI is InChI=1S/C28H32ClF2N5O2/c1-19-23(26(37)32-11-15-34-14-10-28(30,31)18-34)6-7-25-24(19)17-36(33-25)16-20-8-12-35(13-9-20)27(38)21-2-4-22(29)5-3-21/h2-7,17,20H,8-16,18H2,1H3,(H,32,37). The van der Waals surface area contributed by atoms with Crippen LogP contribution in [-0.4, -0.2) is 76.6 Å². The molecule has 2 amide bonds. The van der Waals surface area contributed by atoms with Crippen LogP contribution < -0.4 is 5.32 Å². The third kappa shape index (κ3) is 5.99. The Labute approximate surface area is 225 Å². The molecule has 38 heavy (non-hydrogen) atoms. The lowest BCUT2D eigenvalue weighted by molar-refractivity contribution is 0.0124. The van der Waals surface area contributed by atoms with Crippen LogP contribution in [0.1, 0.15) is 45.5 Å². The monoisotopic (exact) mass is 543 g/mol. The minimum atomic E-state index is -2.63. The van der Waals surface area contributed by atoms with Gasteiger partial charge in [0.15, 0.2) is 0 Å². The molecule has 2 saturated heterocycles. The van der Waals surface area contributed by atoms with Crippen LogP contribution in [0.4, 0.5) is 8.78 Å². The molecule has 0 atom stereocenters. The zero-order valence-electron chi connectivity index (χ0n) is 21.4. The number of amides is 2. The van der Waals surface area contributed by atoms with E-state index in [0.717, 1.165) is 35.9 Å². The Morgan fingerprint density at radius 2 is 1.84 bits per heavy atom. The topological polar surface area (TPSA) is 70.5 Å². The van der Waals surface area contributed by atoms with Gasteiger partial charge in [-0.1, -0.05) is 11.6 Å². The second-order valence-electron chi connectivity index (χ2n) is 10.4. The molecule has 2 aliphatic heterocycles. The Morgan fingerprint density at radius 3 is 2.53 bits per heavy atom. The highest BCUT2D eigenvalue weighted by molar-refractivity contribution is 6.30. The minimum absolute atomic E-state index is 0.0322. The number of nitrogens with one attached hydrogen (secondary N) is 1. The number of carbonyl (C=O) groups is 2. The summed E-state index contributed by atoms with van der Waals surface area (Å²) < 4.78 is 28.7. The number of likely N-dealkylation sites (tertiary alicyclic amines) is 2. The predicted octanol–water partition coefficient (Wildman–Crippen LogP) is 4.62. The van der Waals surface area contributed by atoms with Gasteiger partial charge in [-0.25, -0.2) is 8.78 Å². The molecule has 1 aromatic heterocycles. The lowest BCUT2D eigenvalue weighted by atomic mass is 9.96. The molecule has 5 rings (SSSR count). The number of piperidine rings is 1. The van der Waals surface area contributed by atoms with Gasteiger partial charge in [0.25, 0.3) is 17.7 Å². The molecule has 0 saturated carbocycles. The second kappa shape index (κ2) is 11.0. The first kappa shape index (κ1) is 26.6. The van der Waals surface area contributed by atoms with Gasteiger partial charge in [0, 0.05) is 73.4 Å². The third-order valence-corrected chi connectivity index (χ3v) is 7.90. The van der Waals surface area contributed by atoms with Crippen LogP contribution in [0.5, 0.6) is 0 Å². The Kier molecular flexibility index (Phi) is 7.68. The number of rotatable bonds is 7. The van der Waals surface area contributed by atoms with Gasteiger partial charge >= 0.3 is 0 Å². The molecule has 7 nitrogen and oxygen atoms in total. The molecule has 3 aromatic rings. The van der Waals surface area contributed by atoms with Crippen molar-refractivity contribution in [2.45, 2.75) is 38.7 Å². The number of aromatic nitrogens is 2. The number of fused-ring (bicyclic) bond motifs is 1. The smallest absolute Gasteiger partial charge is 0.261 e. The molecular formula is C28H32ClF2N5O2. The summed E-state index contributed by atoms with van der Waals surface area (Å²) in [4.78, 5) is 29.1. The first-order valence-corrected chi connectivity index (χ1v) is 13.5. The van der Waals surface area contributed by atoms with Gasteiger partial charge in [-0.2, -0.15) is 5.10 Å². The van der Waals surface area contributed by atoms with E-state index in [0.29, 0.717) is 54.8 Å². The summed E-state index contributed by atoms with van der Waals surface area (Å²) in [6.07, 6.45) is 3.65. The van der Waals surface area contributed by atoms with E-state index in [-0.39, 0.29) is 24.8 Å². The number of benzene rings is 2. The van der Waals surface area contributed by atoms with E-state index >= 15 is 0 Å². The Morgan fingerprint density at radius 1 is 1.11 bits per heavy atom. The first-order valence-electron chi connectivity index (χ1n) is 13.1. The van der Waals surface area contributed by atoms with Gasteiger partial charge in [-0.3, -0.25) is 19.2 Å². The summed E-state index contributed by atoms with van der Waals surface area (Å²) >= 11 is 5.94. The van der Waals surface area contributed by atoms with Crippen molar-refractivity contribution in [3.8, 4) is 0 Å². The highest BCUT2D eigenvalue weighted by Gasteiger charge is 2.37. The highest BCUT2D eigenvalue weighted by Crippen LogP contribution is 2.27. The third-order valence-electron chi connectivity index (χ3n) is 7.65. The molecule has 3 heterocycles. The molecule has 10 heteroatoms. The summed E-state index contributed by atoms with van der Waals surface area (Å²) in [5.74, 6) is -2.40. The van der Waals surface area contributed by atoms with E-state index in [1.54, 1.807) is 35.2 Å². The number of nitrogens with zero attached hydrogens (tertiary/aromatic N) is 4. The van der Waals surface area contributed by atoms with Crippen molar-refractivity contribution in [3.63, 3.8) is 0 Å². The van der Waals surface area contributed by atoms with E-state index < -0.39 is 5.92 Å². The Bertz CT molecular complexity index is 1320. The van der Waals surface area contributed by atoms with Crippen molar-refractivity contribution in [2.75, 3.05) is 39.3 Å². The van der Waals surface area contributed by atoms with Crippen LogP contribution in [0.3, 0.4) is 0 Å². The lowest BCUT2D eigenvalue weighted by Crippen LogP contribution is -2.39. The van der Waals surface area contributed by atoms with Crippen LogP contribution in [0.15, 0.2) is 42.6 Å². The maximum Gasteiger partial charge on any atom is 0.261 e. The quantitative estimate of drug-likeness (QED) is 0.472. The van der Waals surface area contributed by atoms with Crippen LogP contribution in [0.25, 0.3) is 10.9 Å². The van der Waals surface area contributed by atoms with E-state index in [4.69, 9.17) is 16.7 Å². The van der Waals surface area contributed by atoms with Crippen molar-refractivity contribution in [1.29, 1.82) is 0 Å². The number of halogens is 3. The van der Waals surface area contributed by atoms with E-state index in [9.17, 15) is 18.4 Å². The molecular weight excluding hydrogens is 512 g/mol. The maximum absolute atomic E-state index is 13.4. The molecule has 2 aliphatic rings. The van der Waals surface area contributed by atoms with E-state index in [1.807, 2.05) is 28.8 Å². The van der Waals surface area contributed by atoms with E-state index in [2.05, 4.69) is 5.32 Å². The lowest BCUT2D eigenvalue weighted by Gasteiger charge is -2.32. The first-order chi connectivity index (χ1) is 18.2. The van der Waals surface area contributed by atoms with Gasteiger partial charge in [-0.05, 0) is 67.6 Å². The summed E-state index contributed by atoms with van der Waals surface area (Å²) in [5.41, 5.74) is 2.90. The summed E-state index contributed by atoms with van der Waals surface area (Å²) in [6.45, 7) is 4.89. The average Bonchev–Trinajstić information content (AvgIpc) is 3.47. The van der Waals surface area contributed by atoms with Gasteiger partial charge in [0.05, 0.1) is 12.1 Å². The number of aryl methyl sites for hydroxylation is 1. The number of hydrogen-bond acceptors (Lipinski definition) is 4. The highest BCUT2D eigenvalue weighted by atomic mass is 35.5. The molecule has 2 fully saturated rings. The predicted molar refractivity (Wildman–Crippen MR) is 143 cm³/mol. The maximum atomic E-state index is 13.4. The number of carbonyl (C=O) groups excluding carboxylic acids is 2. The molecule has 0 unspecified atom stereocenters. The van der Waals surface area contributed by atoms with Crippen molar-refractivity contribution in [2.24, 2.45) is 5.92 Å². The van der Waals surface area contributed by atoms with Crippen molar-refractivity contribution < 1.29 is 18.4 Å². The van der Waals surface area contributed by atoms with Crippen LogP contribution in [0, 0.1) is 12.8 Å². The molecule has 1 N–H and O–H groups in total. The van der Waals surface area contributed by atoms with Crippen molar-refractivity contribution in [1.82, 2.24) is 24.9 Å². The van der Waals surface area contributed by atoms with Crippen LogP contribution >= 0.6 is 11.6 Å². The molecule has 0 bridgehead atoms. The van der Waals surface area contributed by atoms with Crippen molar-refractivity contribution in [3.05, 3.63) is 64.3 Å². The zero-order chi connectivity index (χ0) is 26.9. The van der Waals surface area contributed by atoms with Crippen LogP contribution in [-0.2, 0) is 6.54 Å². The largest absolute Gasteiger partial charge is 0.351 e. The summed E-state index contributed by atoms with van der Waals surface area (Å²) in [5, 5.41) is 9.12. The number of alkyl halides is 2. The number of hydrogen-bond donors (Lipinski definition) is 1. The molecule has 0 spiro atoms. The Hall–Kier alpha value is -3.04. The van der Waals surface area contributed by atoms with Gasteiger partial charge in [0.1, 0.15) is 0 Å². The zero-order valence-corrected chi connectivity index (χ0v) is 22.2. The fourth-order valence-corrected chi connectivity index (χ4v) is 5.52. The molecule has 0 radical (unpaired) electrons. The summed E-state index contributed by atoms with van der Waals surface area (Å²) in [6, 6.07) is 10.6. The second-order valence-corrected chi connectivity index (χ2v) is 10.8. The fraction of sp³-hybridized carbons (Fsp3) is 0.464. The molecule has 0 aliphatic carbocycles. The molecule has 2 aromatic carbocycles. The average molecular weight is 544 g/mol. The normalized spacial score (nSPS) is 18.3. The molecule has 202 valence electrons.